The molecule has 0 aliphatic heterocycles. The average Bonchev–Trinajstić information content (AvgIpc) is 2.87. The maximum absolute atomic E-state index is 11.9. The van der Waals surface area contributed by atoms with Gasteiger partial charge in [0.15, 0.2) is 6.10 Å². The van der Waals surface area contributed by atoms with Gasteiger partial charge in [0, 0.05) is 26.6 Å². The minimum atomic E-state index is -3.79. The van der Waals surface area contributed by atoms with Gasteiger partial charge in [-0.1, -0.05) is 13.0 Å². The zero-order chi connectivity index (χ0) is 16.5. The van der Waals surface area contributed by atoms with Gasteiger partial charge in [0.25, 0.3) is 10.1 Å². The minimum absolute atomic E-state index is 0.494. The molecule has 8 heteroatoms. The van der Waals surface area contributed by atoms with E-state index in [0.717, 1.165) is 26.3 Å². The summed E-state index contributed by atoms with van der Waals surface area (Å²) in [4.78, 5) is 15.0. The van der Waals surface area contributed by atoms with Crippen molar-refractivity contribution in [1.29, 1.82) is 0 Å². The summed E-state index contributed by atoms with van der Waals surface area (Å²) < 4.78 is 33.5. The average molecular weight is 437 g/mol. The van der Waals surface area contributed by atoms with E-state index in [4.69, 9.17) is 4.18 Å². The molecule has 0 fully saturated rings. The highest BCUT2D eigenvalue weighted by Crippen LogP contribution is 2.32. The Morgan fingerprint density at radius 1 is 1.36 bits per heavy atom. The van der Waals surface area contributed by atoms with Crippen LogP contribution >= 0.6 is 22.6 Å². The Bertz CT molecular complexity index is 799. The first-order valence-corrected chi connectivity index (χ1v) is 9.35. The summed E-state index contributed by atoms with van der Waals surface area (Å²) in [7, 11) is -2.59. The van der Waals surface area contributed by atoms with Crippen LogP contribution in [0.25, 0.3) is 10.9 Å². The molecule has 0 spiro atoms. The first kappa shape index (κ1) is 17.2. The molecule has 0 bridgehead atoms. The van der Waals surface area contributed by atoms with Crippen molar-refractivity contribution >= 4 is 49.6 Å². The number of hydrogen-bond acceptors (Lipinski definition) is 5. The van der Waals surface area contributed by atoms with Crippen molar-refractivity contribution in [3.8, 4) is 0 Å². The summed E-state index contributed by atoms with van der Waals surface area (Å²) in [6.07, 6.45) is 1.45. The second-order valence-electron chi connectivity index (χ2n) is 4.94. The lowest BCUT2D eigenvalue weighted by Crippen LogP contribution is -2.33. The molecular weight excluding hydrogens is 421 g/mol. The fourth-order valence-electron chi connectivity index (χ4n) is 2.32. The molecule has 2 atom stereocenters. The van der Waals surface area contributed by atoms with Crippen molar-refractivity contribution in [2.24, 2.45) is 0 Å². The van der Waals surface area contributed by atoms with Gasteiger partial charge in [-0.2, -0.15) is 8.42 Å². The van der Waals surface area contributed by atoms with E-state index in [9.17, 15) is 13.2 Å². The summed E-state index contributed by atoms with van der Waals surface area (Å²) in [5.41, 5.74) is 1.72. The molecule has 2 rings (SSSR count). The van der Waals surface area contributed by atoms with Crippen molar-refractivity contribution < 1.29 is 22.1 Å². The van der Waals surface area contributed by atoms with E-state index >= 15 is 0 Å². The van der Waals surface area contributed by atoms with Gasteiger partial charge in [0.05, 0.1) is 13.4 Å². The Kier molecular flexibility index (Phi) is 5.13. The lowest BCUT2D eigenvalue weighted by Gasteiger charge is -2.20. The zero-order valence-corrected chi connectivity index (χ0v) is 15.3. The van der Waals surface area contributed by atoms with Gasteiger partial charge in [-0.15, -0.1) is 0 Å². The van der Waals surface area contributed by atoms with Crippen LogP contribution in [0.1, 0.15) is 18.4 Å². The van der Waals surface area contributed by atoms with Crippen LogP contribution in [0.4, 0.5) is 0 Å². The standard InChI is InChI=1S/C14H16INO5S/c1-8(13(14(17)20-2)21-22(3,18)19)9-7-16-11-6-4-5-10(15)12(9)11/h4-8,13,16H,1-3H3/t8-,13+/m0/s1. The molecule has 0 radical (unpaired) electrons. The van der Waals surface area contributed by atoms with Crippen LogP contribution in [0.3, 0.4) is 0 Å². The van der Waals surface area contributed by atoms with Crippen LogP contribution in [0.15, 0.2) is 24.4 Å². The Morgan fingerprint density at radius 2 is 2.05 bits per heavy atom. The van der Waals surface area contributed by atoms with E-state index < -0.39 is 28.1 Å². The molecule has 1 aromatic heterocycles. The van der Waals surface area contributed by atoms with Crippen LogP contribution in [-0.2, 0) is 23.8 Å². The topological polar surface area (TPSA) is 85.5 Å². The van der Waals surface area contributed by atoms with Crippen molar-refractivity contribution in [2.75, 3.05) is 13.4 Å². The molecule has 0 unspecified atom stereocenters. The number of ether oxygens (including phenoxy) is 1. The van der Waals surface area contributed by atoms with Gasteiger partial charge in [-0.3, -0.25) is 4.18 Å². The predicted molar refractivity (Wildman–Crippen MR) is 91.2 cm³/mol. The van der Waals surface area contributed by atoms with Gasteiger partial charge in [0.2, 0.25) is 0 Å². The van der Waals surface area contributed by atoms with Crippen molar-refractivity contribution in [3.05, 3.63) is 33.5 Å². The number of aromatic amines is 1. The van der Waals surface area contributed by atoms with E-state index in [1.165, 1.54) is 7.11 Å². The fourth-order valence-corrected chi connectivity index (χ4v) is 3.75. The lowest BCUT2D eigenvalue weighted by atomic mass is 9.95. The van der Waals surface area contributed by atoms with Crippen LogP contribution in [0.5, 0.6) is 0 Å². The summed E-state index contributed by atoms with van der Waals surface area (Å²) in [5, 5.41) is 0.946. The number of rotatable bonds is 5. The number of carbonyl (C=O) groups excluding carboxylic acids is 1. The van der Waals surface area contributed by atoms with Gasteiger partial charge < -0.3 is 9.72 Å². The Balaban J connectivity index is 2.49. The number of fused-ring (bicyclic) bond motifs is 1. The molecule has 0 amide bonds. The summed E-state index contributed by atoms with van der Waals surface area (Å²) in [5.74, 6) is -1.22. The third-order valence-electron chi connectivity index (χ3n) is 3.34. The number of halogens is 1. The molecule has 0 saturated carbocycles. The van der Waals surface area contributed by atoms with Crippen molar-refractivity contribution in [1.82, 2.24) is 4.98 Å². The monoisotopic (exact) mass is 437 g/mol. The molecule has 0 aliphatic rings. The Morgan fingerprint density at radius 3 is 2.64 bits per heavy atom. The first-order valence-electron chi connectivity index (χ1n) is 6.46. The van der Waals surface area contributed by atoms with Crippen LogP contribution in [0.2, 0.25) is 0 Å². The molecule has 1 aromatic carbocycles. The molecule has 1 heterocycles. The van der Waals surface area contributed by atoms with E-state index in [1.807, 2.05) is 18.2 Å². The second kappa shape index (κ2) is 6.55. The number of esters is 1. The second-order valence-corrected chi connectivity index (χ2v) is 7.70. The largest absolute Gasteiger partial charge is 0.467 e. The number of carbonyl (C=O) groups is 1. The normalized spacial score (nSPS) is 14.7. The number of hydrogen-bond donors (Lipinski definition) is 1. The molecule has 6 nitrogen and oxygen atoms in total. The SMILES string of the molecule is COC(=O)[C@H](OS(C)(=O)=O)[C@@H](C)c1c[nH]c2cccc(I)c12. The lowest BCUT2D eigenvalue weighted by molar-refractivity contribution is -0.149. The van der Waals surface area contributed by atoms with E-state index in [2.05, 4.69) is 32.3 Å². The number of aromatic nitrogens is 1. The molecular formula is C14H16INO5S. The Hall–Kier alpha value is -1.13. The van der Waals surface area contributed by atoms with Crippen LogP contribution < -0.4 is 0 Å². The molecule has 22 heavy (non-hydrogen) atoms. The Labute approximate surface area is 142 Å². The number of methoxy groups -OCH3 is 1. The highest BCUT2D eigenvalue weighted by molar-refractivity contribution is 14.1. The van der Waals surface area contributed by atoms with Gasteiger partial charge in [0.1, 0.15) is 0 Å². The highest BCUT2D eigenvalue weighted by Gasteiger charge is 2.33. The molecule has 1 N–H and O–H groups in total. The number of nitrogens with one attached hydrogen (secondary N) is 1. The zero-order valence-electron chi connectivity index (χ0n) is 12.3. The summed E-state index contributed by atoms with van der Waals surface area (Å²) >= 11 is 2.20. The maximum atomic E-state index is 11.9. The third kappa shape index (κ3) is 3.61. The van der Waals surface area contributed by atoms with Gasteiger partial charge in [-0.05, 0) is 40.3 Å². The molecule has 0 saturated heterocycles. The molecule has 2 aromatic rings. The van der Waals surface area contributed by atoms with Crippen molar-refractivity contribution in [3.63, 3.8) is 0 Å². The van der Waals surface area contributed by atoms with Gasteiger partial charge >= 0.3 is 5.97 Å². The van der Waals surface area contributed by atoms with Crippen LogP contribution in [-0.4, -0.2) is 38.8 Å². The molecule has 120 valence electrons. The predicted octanol–water partition coefficient (Wildman–Crippen LogP) is 2.39. The highest BCUT2D eigenvalue weighted by atomic mass is 127. The van der Waals surface area contributed by atoms with Crippen molar-refractivity contribution in [2.45, 2.75) is 18.9 Å². The summed E-state index contributed by atoms with van der Waals surface area (Å²) in [6, 6.07) is 5.77. The van der Waals surface area contributed by atoms with Gasteiger partial charge in [-0.25, -0.2) is 4.79 Å². The number of H-pyrrole nitrogens is 1. The quantitative estimate of drug-likeness (QED) is 0.441. The summed E-state index contributed by atoms with van der Waals surface area (Å²) in [6.45, 7) is 1.73. The van der Waals surface area contributed by atoms with E-state index in [-0.39, 0.29) is 0 Å². The first-order chi connectivity index (χ1) is 10.2. The van der Waals surface area contributed by atoms with Crippen LogP contribution in [0, 0.1) is 3.57 Å². The van der Waals surface area contributed by atoms with E-state index in [0.29, 0.717) is 0 Å². The molecule has 0 aliphatic carbocycles. The number of benzene rings is 1. The minimum Gasteiger partial charge on any atom is -0.467 e. The fraction of sp³-hybridized carbons (Fsp3) is 0.357. The van der Waals surface area contributed by atoms with E-state index in [1.54, 1.807) is 13.1 Å². The maximum Gasteiger partial charge on any atom is 0.337 e. The third-order valence-corrected chi connectivity index (χ3v) is 4.80. The smallest absolute Gasteiger partial charge is 0.337 e.